The van der Waals surface area contributed by atoms with Crippen molar-refractivity contribution >= 4 is 11.6 Å². The molecule has 0 amide bonds. The van der Waals surface area contributed by atoms with Crippen molar-refractivity contribution in [1.29, 1.82) is 0 Å². The molecule has 154 valence electrons. The van der Waals surface area contributed by atoms with E-state index in [1.54, 1.807) is 0 Å². The first-order valence-electron chi connectivity index (χ1n) is 9.84. The number of aromatic nitrogens is 4. The number of tetrazole rings is 1. The summed E-state index contributed by atoms with van der Waals surface area (Å²) in [6.07, 6.45) is 0.00187. The number of hydrogen-bond acceptors (Lipinski definition) is 6. The van der Waals surface area contributed by atoms with Crippen LogP contribution < -0.4 is 4.74 Å². The number of para-hydroxylation sites is 1. The second-order valence-electron chi connectivity index (χ2n) is 7.00. The van der Waals surface area contributed by atoms with Gasteiger partial charge in [0.2, 0.25) is 5.82 Å². The maximum absolute atomic E-state index is 12.3. The van der Waals surface area contributed by atoms with E-state index >= 15 is 0 Å². The van der Waals surface area contributed by atoms with Crippen LogP contribution in [0, 0.1) is 0 Å². The van der Waals surface area contributed by atoms with Crippen LogP contribution in [0.25, 0.3) is 11.4 Å². The van der Waals surface area contributed by atoms with Crippen LogP contribution in [-0.2, 0) is 22.6 Å². The summed E-state index contributed by atoms with van der Waals surface area (Å²) in [5.41, 5.74) is 1.64. The third-order valence-corrected chi connectivity index (χ3v) is 4.50. The van der Waals surface area contributed by atoms with Crippen molar-refractivity contribution in [3.63, 3.8) is 0 Å². The molecule has 0 fully saturated rings. The summed E-state index contributed by atoms with van der Waals surface area (Å²) < 4.78 is 5.74. The van der Waals surface area contributed by atoms with E-state index in [1.807, 2.05) is 84.9 Å². The number of ketones is 2. The first kappa shape index (κ1) is 20.2. The number of carbonyl (C=O) groups excluding carboxylic acids is 2. The average molecular weight is 412 g/mol. The fourth-order valence-corrected chi connectivity index (χ4v) is 3.04. The van der Waals surface area contributed by atoms with Crippen molar-refractivity contribution < 1.29 is 14.3 Å². The summed E-state index contributed by atoms with van der Waals surface area (Å²) in [6.45, 7) is -0.0879. The predicted octanol–water partition coefficient (Wildman–Crippen LogP) is 3.90. The lowest BCUT2D eigenvalue weighted by Crippen LogP contribution is -2.17. The summed E-state index contributed by atoms with van der Waals surface area (Å²) >= 11 is 0. The molecule has 0 atom stereocenters. The number of nitrogens with zero attached hydrogens (tertiary/aromatic N) is 4. The molecule has 0 saturated carbocycles. The van der Waals surface area contributed by atoms with Gasteiger partial charge in [0.05, 0.1) is 6.42 Å². The highest BCUT2D eigenvalue weighted by molar-refractivity contribution is 5.99. The lowest BCUT2D eigenvalue weighted by Gasteiger charge is -2.06. The van der Waals surface area contributed by atoms with E-state index < -0.39 is 0 Å². The van der Waals surface area contributed by atoms with Crippen molar-refractivity contribution in [2.24, 2.45) is 0 Å². The smallest absolute Gasteiger partial charge is 0.204 e. The predicted molar refractivity (Wildman–Crippen MR) is 115 cm³/mol. The van der Waals surface area contributed by atoms with E-state index in [2.05, 4.69) is 15.4 Å². The SMILES string of the molecule is O=C(CC(=O)Cn1nnc(-c2ccccc2)n1)Cc1ccc(Oc2ccccc2)cc1. The second-order valence-corrected chi connectivity index (χ2v) is 7.00. The molecule has 0 saturated heterocycles. The van der Waals surface area contributed by atoms with Crippen molar-refractivity contribution in [1.82, 2.24) is 20.2 Å². The molecule has 0 N–H and O–H groups in total. The molecule has 4 rings (SSSR count). The van der Waals surface area contributed by atoms with Gasteiger partial charge in [-0.15, -0.1) is 10.2 Å². The van der Waals surface area contributed by atoms with Crippen LogP contribution in [0.5, 0.6) is 11.5 Å². The molecule has 7 heteroatoms. The fraction of sp³-hybridized carbons (Fsp3) is 0.125. The van der Waals surface area contributed by atoms with Crippen molar-refractivity contribution in [2.75, 3.05) is 0 Å². The molecular weight excluding hydrogens is 392 g/mol. The Morgan fingerprint density at radius 2 is 1.42 bits per heavy atom. The fourth-order valence-electron chi connectivity index (χ4n) is 3.04. The number of Topliss-reactive ketones (excluding diaryl/α,β-unsaturated/α-hetero) is 2. The number of rotatable bonds is 9. The van der Waals surface area contributed by atoms with Crippen LogP contribution in [0.15, 0.2) is 84.9 Å². The molecule has 3 aromatic carbocycles. The molecule has 0 aliphatic rings. The van der Waals surface area contributed by atoms with Gasteiger partial charge in [-0.2, -0.15) is 4.80 Å². The van der Waals surface area contributed by atoms with Gasteiger partial charge in [0.1, 0.15) is 23.8 Å². The van der Waals surface area contributed by atoms with Gasteiger partial charge in [0.25, 0.3) is 0 Å². The molecule has 31 heavy (non-hydrogen) atoms. The highest BCUT2D eigenvalue weighted by Gasteiger charge is 2.14. The topological polar surface area (TPSA) is 87.0 Å². The monoisotopic (exact) mass is 412 g/mol. The third kappa shape index (κ3) is 5.70. The standard InChI is InChI=1S/C24H20N4O3/c29-20(15-18-11-13-23(14-12-18)31-22-9-5-2-6-10-22)16-21(30)17-28-26-24(25-27-28)19-7-3-1-4-8-19/h1-14H,15-17H2. The lowest BCUT2D eigenvalue weighted by molar-refractivity contribution is -0.127. The van der Waals surface area contributed by atoms with E-state index in [-0.39, 0.29) is 31.0 Å². The zero-order valence-electron chi connectivity index (χ0n) is 16.7. The zero-order valence-corrected chi connectivity index (χ0v) is 16.7. The van der Waals surface area contributed by atoms with Crippen LogP contribution in [-0.4, -0.2) is 31.8 Å². The molecule has 0 bridgehead atoms. The number of ether oxygens (including phenoxy) is 1. The average Bonchev–Trinajstić information content (AvgIpc) is 3.25. The van der Waals surface area contributed by atoms with Gasteiger partial charge in [-0.25, -0.2) is 0 Å². The van der Waals surface area contributed by atoms with E-state index in [1.165, 1.54) is 4.80 Å². The molecule has 0 aliphatic heterocycles. The Balaban J connectivity index is 1.27. The third-order valence-electron chi connectivity index (χ3n) is 4.50. The van der Waals surface area contributed by atoms with Gasteiger partial charge in [-0.1, -0.05) is 60.7 Å². The molecule has 0 unspecified atom stereocenters. The van der Waals surface area contributed by atoms with E-state index in [9.17, 15) is 9.59 Å². The minimum absolute atomic E-state index is 0.0879. The molecule has 7 nitrogen and oxygen atoms in total. The Bertz CT molecular complexity index is 1160. The van der Waals surface area contributed by atoms with Gasteiger partial charge in [-0.05, 0) is 35.0 Å². The lowest BCUT2D eigenvalue weighted by atomic mass is 10.1. The number of hydrogen-bond donors (Lipinski definition) is 0. The first-order chi connectivity index (χ1) is 15.2. The van der Waals surface area contributed by atoms with Gasteiger partial charge in [-0.3, -0.25) is 9.59 Å². The summed E-state index contributed by atoms with van der Waals surface area (Å²) in [6, 6.07) is 26.1. The Morgan fingerprint density at radius 3 is 2.13 bits per heavy atom. The molecule has 0 radical (unpaired) electrons. The van der Waals surface area contributed by atoms with Crippen molar-refractivity contribution in [3.05, 3.63) is 90.5 Å². The molecule has 0 aliphatic carbocycles. The second kappa shape index (κ2) is 9.58. The molecule has 4 aromatic rings. The minimum atomic E-state index is -0.258. The molecule has 1 heterocycles. The molecule has 0 spiro atoms. The highest BCUT2D eigenvalue weighted by atomic mass is 16.5. The minimum Gasteiger partial charge on any atom is -0.457 e. The summed E-state index contributed by atoms with van der Waals surface area (Å²) in [5.74, 6) is 1.45. The summed E-state index contributed by atoms with van der Waals surface area (Å²) in [7, 11) is 0. The number of benzene rings is 3. The summed E-state index contributed by atoms with van der Waals surface area (Å²) in [5, 5.41) is 12.1. The van der Waals surface area contributed by atoms with Gasteiger partial charge in [0.15, 0.2) is 5.78 Å². The zero-order chi connectivity index (χ0) is 21.5. The van der Waals surface area contributed by atoms with E-state index in [0.717, 1.165) is 16.9 Å². The Hall–Kier alpha value is -4.13. The van der Waals surface area contributed by atoms with Crippen molar-refractivity contribution in [2.45, 2.75) is 19.4 Å². The highest BCUT2D eigenvalue weighted by Crippen LogP contribution is 2.21. The van der Waals surface area contributed by atoms with E-state index in [4.69, 9.17) is 4.74 Å². The van der Waals surface area contributed by atoms with Crippen molar-refractivity contribution in [3.8, 4) is 22.9 Å². The normalized spacial score (nSPS) is 10.6. The largest absolute Gasteiger partial charge is 0.457 e. The summed E-state index contributed by atoms with van der Waals surface area (Å²) in [4.78, 5) is 25.8. The van der Waals surface area contributed by atoms with Gasteiger partial charge < -0.3 is 4.74 Å². The Morgan fingerprint density at radius 1 is 0.774 bits per heavy atom. The van der Waals surface area contributed by atoms with Crippen LogP contribution >= 0.6 is 0 Å². The first-order valence-corrected chi connectivity index (χ1v) is 9.84. The Kier molecular flexibility index (Phi) is 6.23. The quantitative estimate of drug-likeness (QED) is 0.388. The van der Waals surface area contributed by atoms with Crippen LogP contribution in [0.1, 0.15) is 12.0 Å². The number of carbonyl (C=O) groups is 2. The Labute approximate surface area is 179 Å². The molecular formula is C24H20N4O3. The maximum Gasteiger partial charge on any atom is 0.204 e. The maximum atomic E-state index is 12.3. The van der Waals surface area contributed by atoms with Crippen LogP contribution in [0.4, 0.5) is 0 Å². The van der Waals surface area contributed by atoms with Gasteiger partial charge in [0, 0.05) is 12.0 Å². The van der Waals surface area contributed by atoms with Crippen LogP contribution in [0.2, 0.25) is 0 Å². The van der Waals surface area contributed by atoms with E-state index in [0.29, 0.717) is 11.6 Å². The van der Waals surface area contributed by atoms with Gasteiger partial charge >= 0.3 is 0 Å². The van der Waals surface area contributed by atoms with Crippen LogP contribution in [0.3, 0.4) is 0 Å². The molecule has 1 aromatic heterocycles.